The molecule has 1 aliphatic rings. The highest BCUT2D eigenvalue weighted by molar-refractivity contribution is 6.15. The van der Waals surface area contributed by atoms with Crippen LogP contribution >= 0.6 is 0 Å². The highest BCUT2D eigenvalue weighted by atomic mass is 16.6. The molecule has 1 heterocycles. The van der Waals surface area contributed by atoms with Crippen LogP contribution in [-0.4, -0.2) is 25.7 Å². The van der Waals surface area contributed by atoms with E-state index in [-0.39, 0.29) is 12.2 Å². The molecule has 1 aliphatic heterocycles. The van der Waals surface area contributed by atoms with Crippen molar-refractivity contribution in [3.8, 4) is 0 Å². The summed E-state index contributed by atoms with van der Waals surface area (Å²) >= 11 is 0. The minimum Gasteiger partial charge on any atom is -0.465 e. The third-order valence-electron chi connectivity index (χ3n) is 1.13. The lowest BCUT2D eigenvalue weighted by atomic mass is 10.3. The Morgan fingerprint density at radius 2 is 2.50 bits per heavy atom. The first kappa shape index (κ1) is 6.80. The van der Waals surface area contributed by atoms with Crippen molar-refractivity contribution in [3.05, 3.63) is 11.6 Å². The molecule has 0 atom stereocenters. The largest absolute Gasteiger partial charge is 0.465 e. The fraction of sp³-hybridized carbons (Fsp3) is 0.333. The molecule has 1 rings (SSSR count). The Bertz CT molecular complexity index is 204. The number of cyclic esters (lactones) is 1. The van der Waals surface area contributed by atoms with Gasteiger partial charge in [-0.1, -0.05) is 0 Å². The van der Waals surface area contributed by atoms with Gasteiger partial charge < -0.3 is 9.47 Å². The molecular formula is C6H6O4. The first-order valence-electron chi connectivity index (χ1n) is 2.71. The SMILES string of the molecule is COC(=O)C1=CCOC1=O. The fourth-order valence-corrected chi connectivity index (χ4v) is 0.638. The number of hydrogen-bond acceptors (Lipinski definition) is 4. The van der Waals surface area contributed by atoms with E-state index < -0.39 is 11.9 Å². The van der Waals surface area contributed by atoms with Gasteiger partial charge in [0.05, 0.1) is 7.11 Å². The summed E-state index contributed by atoms with van der Waals surface area (Å²) < 4.78 is 8.75. The van der Waals surface area contributed by atoms with E-state index in [1.54, 1.807) is 0 Å². The molecule has 0 aliphatic carbocycles. The average molecular weight is 142 g/mol. The van der Waals surface area contributed by atoms with E-state index in [9.17, 15) is 9.59 Å². The van der Waals surface area contributed by atoms with Crippen molar-refractivity contribution in [1.29, 1.82) is 0 Å². The Morgan fingerprint density at radius 1 is 1.80 bits per heavy atom. The molecule has 0 fully saturated rings. The number of rotatable bonds is 1. The Labute approximate surface area is 57.4 Å². The normalized spacial score (nSPS) is 16.1. The van der Waals surface area contributed by atoms with Crippen LogP contribution in [0.25, 0.3) is 0 Å². The van der Waals surface area contributed by atoms with Crippen molar-refractivity contribution in [1.82, 2.24) is 0 Å². The Morgan fingerprint density at radius 3 is 2.90 bits per heavy atom. The van der Waals surface area contributed by atoms with Crippen LogP contribution in [0, 0.1) is 0 Å². The molecule has 0 saturated carbocycles. The molecule has 0 bridgehead atoms. The van der Waals surface area contributed by atoms with Crippen LogP contribution in [-0.2, 0) is 19.1 Å². The number of carbonyl (C=O) groups is 2. The van der Waals surface area contributed by atoms with Gasteiger partial charge in [0.25, 0.3) is 0 Å². The molecule has 0 amide bonds. The minimum atomic E-state index is -0.637. The van der Waals surface area contributed by atoms with Crippen molar-refractivity contribution in [2.75, 3.05) is 13.7 Å². The maximum atomic E-state index is 10.6. The van der Waals surface area contributed by atoms with Crippen LogP contribution in [0.4, 0.5) is 0 Å². The summed E-state index contributed by atoms with van der Waals surface area (Å²) in [6, 6.07) is 0. The van der Waals surface area contributed by atoms with E-state index in [0.717, 1.165) is 0 Å². The van der Waals surface area contributed by atoms with E-state index in [0.29, 0.717) is 0 Å². The maximum absolute atomic E-state index is 10.6. The zero-order valence-corrected chi connectivity index (χ0v) is 5.42. The second-order valence-corrected chi connectivity index (χ2v) is 1.71. The van der Waals surface area contributed by atoms with Crippen molar-refractivity contribution >= 4 is 11.9 Å². The van der Waals surface area contributed by atoms with Gasteiger partial charge >= 0.3 is 11.9 Å². The lowest BCUT2D eigenvalue weighted by Gasteiger charge is -1.94. The average Bonchev–Trinajstić information content (AvgIpc) is 2.34. The maximum Gasteiger partial charge on any atom is 0.345 e. The summed E-state index contributed by atoms with van der Waals surface area (Å²) in [6.07, 6.45) is 1.40. The van der Waals surface area contributed by atoms with Crippen molar-refractivity contribution < 1.29 is 19.1 Å². The summed E-state index contributed by atoms with van der Waals surface area (Å²) in [5.74, 6) is -1.24. The highest BCUT2D eigenvalue weighted by Crippen LogP contribution is 2.07. The molecule has 0 N–H and O–H groups in total. The van der Waals surface area contributed by atoms with E-state index in [2.05, 4.69) is 9.47 Å². The van der Waals surface area contributed by atoms with Gasteiger partial charge in [0.15, 0.2) is 0 Å². The van der Waals surface area contributed by atoms with Gasteiger partial charge in [-0.2, -0.15) is 0 Å². The second-order valence-electron chi connectivity index (χ2n) is 1.71. The number of carbonyl (C=O) groups excluding carboxylic acids is 2. The molecule has 0 unspecified atom stereocenters. The minimum absolute atomic E-state index is 0.0116. The summed E-state index contributed by atoms with van der Waals surface area (Å²) in [4.78, 5) is 21.2. The number of esters is 2. The number of hydrogen-bond donors (Lipinski definition) is 0. The van der Waals surface area contributed by atoms with E-state index in [4.69, 9.17) is 0 Å². The smallest absolute Gasteiger partial charge is 0.345 e. The van der Waals surface area contributed by atoms with Crippen LogP contribution < -0.4 is 0 Å². The summed E-state index contributed by atoms with van der Waals surface area (Å²) in [6.45, 7) is 0.170. The fourth-order valence-electron chi connectivity index (χ4n) is 0.638. The molecule has 0 spiro atoms. The van der Waals surface area contributed by atoms with Gasteiger partial charge in [-0.15, -0.1) is 0 Å². The molecule has 4 nitrogen and oxygen atoms in total. The van der Waals surface area contributed by atoms with Crippen LogP contribution in [0.2, 0.25) is 0 Å². The zero-order valence-electron chi connectivity index (χ0n) is 5.42. The van der Waals surface area contributed by atoms with Crippen LogP contribution in [0.3, 0.4) is 0 Å². The molecule has 0 radical (unpaired) electrons. The molecule has 0 aromatic carbocycles. The van der Waals surface area contributed by atoms with Gasteiger partial charge in [-0.25, -0.2) is 9.59 Å². The predicted octanol–water partition coefficient (Wildman–Crippen LogP) is -0.357. The van der Waals surface area contributed by atoms with Crippen molar-refractivity contribution in [3.63, 3.8) is 0 Å². The third kappa shape index (κ3) is 1.00. The lowest BCUT2D eigenvalue weighted by Crippen LogP contribution is -2.11. The molecule has 54 valence electrons. The molecule has 0 aromatic heterocycles. The molecule has 0 saturated heterocycles. The predicted molar refractivity (Wildman–Crippen MR) is 31.1 cm³/mol. The van der Waals surface area contributed by atoms with E-state index >= 15 is 0 Å². The quantitative estimate of drug-likeness (QED) is 0.370. The van der Waals surface area contributed by atoms with Gasteiger partial charge in [0.1, 0.15) is 12.2 Å². The zero-order chi connectivity index (χ0) is 7.56. The first-order chi connectivity index (χ1) is 4.75. The van der Waals surface area contributed by atoms with Gasteiger partial charge in [0.2, 0.25) is 0 Å². The Kier molecular flexibility index (Phi) is 1.71. The number of ether oxygens (including phenoxy) is 2. The summed E-state index contributed by atoms with van der Waals surface area (Å²) in [5, 5.41) is 0. The van der Waals surface area contributed by atoms with Crippen molar-refractivity contribution in [2.45, 2.75) is 0 Å². The van der Waals surface area contributed by atoms with E-state index in [1.807, 2.05) is 0 Å². The van der Waals surface area contributed by atoms with E-state index in [1.165, 1.54) is 13.2 Å². The van der Waals surface area contributed by atoms with Crippen LogP contribution in [0.15, 0.2) is 11.6 Å². The molecular weight excluding hydrogens is 136 g/mol. The van der Waals surface area contributed by atoms with Crippen molar-refractivity contribution in [2.24, 2.45) is 0 Å². The van der Waals surface area contributed by atoms with Crippen LogP contribution in [0.1, 0.15) is 0 Å². The molecule has 10 heavy (non-hydrogen) atoms. The third-order valence-corrected chi connectivity index (χ3v) is 1.13. The van der Waals surface area contributed by atoms with Gasteiger partial charge in [-0.3, -0.25) is 0 Å². The highest BCUT2D eigenvalue weighted by Gasteiger charge is 2.24. The lowest BCUT2D eigenvalue weighted by molar-refractivity contribution is -0.143. The van der Waals surface area contributed by atoms with Gasteiger partial charge in [0, 0.05) is 0 Å². The Hall–Kier alpha value is -1.32. The second kappa shape index (κ2) is 2.51. The van der Waals surface area contributed by atoms with Crippen LogP contribution in [0.5, 0.6) is 0 Å². The standard InChI is InChI=1S/C6H6O4/c1-9-5(7)4-2-3-10-6(4)8/h2H,3H2,1H3. The Balaban J connectivity index is 2.72. The molecule has 4 heteroatoms. The topological polar surface area (TPSA) is 52.6 Å². The number of methoxy groups -OCH3 is 1. The first-order valence-corrected chi connectivity index (χ1v) is 2.71. The monoisotopic (exact) mass is 142 g/mol. The summed E-state index contributed by atoms with van der Waals surface area (Å²) in [7, 11) is 1.22. The van der Waals surface area contributed by atoms with Gasteiger partial charge in [-0.05, 0) is 6.08 Å². The summed E-state index contributed by atoms with van der Waals surface area (Å²) in [5.41, 5.74) is -0.0116. The molecule has 0 aromatic rings.